The van der Waals surface area contributed by atoms with Gasteiger partial charge in [0.1, 0.15) is 5.15 Å². The molecule has 0 aliphatic carbocycles. The van der Waals surface area contributed by atoms with Crippen molar-refractivity contribution in [1.82, 2.24) is 9.78 Å². The number of rotatable bonds is 9. The Hall–Kier alpha value is -1.37. The lowest BCUT2D eigenvalue weighted by Crippen LogP contribution is -2.10. The minimum absolute atomic E-state index is 0.0917. The van der Waals surface area contributed by atoms with Gasteiger partial charge in [0.2, 0.25) is 0 Å². The maximum atomic E-state index is 12.3. The number of hydrogen-bond acceptors (Lipinski definition) is 4. The van der Waals surface area contributed by atoms with Gasteiger partial charge in [-0.05, 0) is 25.3 Å². The second-order valence-corrected chi connectivity index (χ2v) is 8.42. The third-order valence-electron chi connectivity index (χ3n) is 3.84. The number of nitrogens with zero attached hydrogens (tertiary/aromatic N) is 2. The minimum Gasteiger partial charge on any atom is -0.396 e. The van der Waals surface area contributed by atoms with Gasteiger partial charge in [0.15, 0.2) is 9.84 Å². The van der Waals surface area contributed by atoms with Gasteiger partial charge in [0.05, 0.1) is 23.7 Å². The molecular weight excluding hydrogens is 348 g/mol. The highest BCUT2D eigenvalue weighted by molar-refractivity contribution is 7.90. The standard InChI is InChI=1S/C17H23ClN2O3S/c1-14-16(13-24(22,23)11-7-3-6-10-21)17(18)20(19-14)12-15-8-4-2-5-9-15/h2,4-5,8-9,21H,3,6-7,10-13H2,1H3. The van der Waals surface area contributed by atoms with Gasteiger partial charge in [-0.2, -0.15) is 5.10 Å². The van der Waals surface area contributed by atoms with Crippen LogP contribution < -0.4 is 0 Å². The normalized spacial score (nSPS) is 11.8. The lowest BCUT2D eigenvalue weighted by atomic mass is 10.2. The third kappa shape index (κ3) is 5.33. The summed E-state index contributed by atoms with van der Waals surface area (Å²) in [4.78, 5) is 0. The zero-order chi connectivity index (χ0) is 17.6. The summed E-state index contributed by atoms with van der Waals surface area (Å²) < 4.78 is 26.2. The van der Waals surface area contributed by atoms with E-state index in [-0.39, 0.29) is 18.1 Å². The van der Waals surface area contributed by atoms with Crippen molar-refractivity contribution >= 4 is 21.4 Å². The van der Waals surface area contributed by atoms with Crippen molar-refractivity contribution in [2.24, 2.45) is 0 Å². The molecule has 0 aliphatic heterocycles. The molecule has 0 bridgehead atoms. The van der Waals surface area contributed by atoms with E-state index in [4.69, 9.17) is 16.7 Å². The predicted molar refractivity (Wildman–Crippen MR) is 95.9 cm³/mol. The van der Waals surface area contributed by atoms with E-state index in [9.17, 15) is 8.42 Å². The summed E-state index contributed by atoms with van der Waals surface area (Å²) in [6.07, 6.45) is 1.89. The highest BCUT2D eigenvalue weighted by atomic mass is 35.5. The fourth-order valence-corrected chi connectivity index (χ4v) is 4.47. The Balaban J connectivity index is 2.08. The molecule has 1 aromatic heterocycles. The van der Waals surface area contributed by atoms with Crippen LogP contribution in [-0.4, -0.2) is 35.7 Å². The average molecular weight is 371 g/mol. The first-order valence-corrected chi connectivity index (χ1v) is 10.2. The van der Waals surface area contributed by atoms with Gasteiger partial charge in [-0.15, -0.1) is 0 Å². The summed E-state index contributed by atoms with van der Waals surface area (Å²) in [5.41, 5.74) is 2.28. The highest BCUT2D eigenvalue weighted by Gasteiger charge is 2.20. The van der Waals surface area contributed by atoms with Crippen molar-refractivity contribution in [3.05, 3.63) is 52.3 Å². The van der Waals surface area contributed by atoms with E-state index in [2.05, 4.69) is 5.10 Å². The van der Waals surface area contributed by atoms with Gasteiger partial charge < -0.3 is 5.11 Å². The Morgan fingerprint density at radius 1 is 1.17 bits per heavy atom. The van der Waals surface area contributed by atoms with Crippen molar-refractivity contribution in [3.8, 4) is 0 Å². The Labute approximate surface area is 148 Å². The monoisotopic (exact) mass is 370 g/mol. The topological polar surface area (TPSA) is 72.2 Å². The zero-order valence-electron chi connectivity index (χ0n) is 13.8. The Kier molecular flexibility index (Phi) is 6.83. The Morgan fingerprint density at radius 2 is 1.88 bits per heavy atom. The molecule has 0 fully saturated rings. The Bertz CT molecular complexity index is 758. The van der Waals surface area contributed by atoms with Gasteiger partial charge in [0, 0.05) is 12.2 Å². The molecule has 1 heterocycles. The van der Waals surface area contributed by atoms with Crippen molar-refractivity contribution < 1.29 is 13.5 Å². The number of benzene rings is 1. The molecule has 0 saturated carbocycles. The van der Waals surface area contributed by atoms with Gasteiger partial charge >= 0.3 is 0 Å². The van der Waals surface area contributed by atoms with Crippen LogP contribution in [0.1, 0.15) is 36.1 Å². The van der Waals surface area contributed by atoms with E-state index in [0.29, 0.717) is 42.2 Å². The van der Waals surface area contributed by atoms with Crippen molar-refractivity contribution in [2.75, 3.05) is 12.4 Å². The first-order chi connectivity index (χ1) is 11.4. The second kappa shape index (κ2) is 8.65. The second-order valence-electron chi connectivity index (χ2n) is 5.87. The summed E-state index contributed by atoms with van der Waals surface area (Å²) in [6, 6.07) is 9.78. The van der Waals surface area contributed by atoms with Gasteiger partial charge in [0.25, 0.3) is 0 Å². The number of halogens is 1. The maximum Gasteiger partial charge on any atom is 0.154 e. The van der Waals surface area contributed by atoms with E-state index in [1.807, 2.05) is 30.3 Å². The van der Waals surface area contributed by atoms with E-state index in [1.165, 1.54) is 0 Å². The van der Waals surface area contributed by atoms with Crippen LogP contribution in [0.4, 0.5) is 0 Å². The van der Waals surface area contributed by atoms with Crippen molar-refractivity contribution in [1.29, 1.82) is 0 Å². The molecule has 0 atom stereocenters. The maximum absolute atomic E-state index is 12.3. The first kappa shape index (κ1) is 19.0. The lowest BCUT2D eigenvalue weighted by Gasteiger charge is -2.06. The molecule has 0 radical (unpaired) electrons. The van der Waals surface area contributed by atoms with Crippen LogP contribution >= 0.6 is 11.6 Å². The van der Waals surface area contributed by atoms with E-state index in [0.717, 1.165) is 5.56 Å². The molecule has 0 aliphatic rings. The smallest absolute Gasteiger partial charge is 0.154 e. The summed E-state index contributed by atoms with van der Waals surface area (Å²) >= 11 is 6.37. The van der Waals surface area contributed by atoms with Crippen molar-refractivity contribution in [3.63, 3.8) is 0 Å². The molecular formula is C17H23ClN2O3S. The van der Waals surface area contributed by atoms with E-state index < -0.39 is 9.84 Å². The number of hydrogen-bond donors (Lipinski definition) is 1. The van der Waals surface area contributed by atoms with E-state index >= 15 is 0 Å². The molecule has 1 N–H and O–H groups in total. The summed E-state index contributed by atoms with van der Waals surface area (Å²) in [6.45, 7) is 2.39. The number of unbranched alkanes of at least 4 members (excludes halogenated alkanes) is 2. The van der Waals surface area contributed by atoms with Crippen LogP contribution in [0, 0.1) is 6.92 Å². The van der Waals surface area contributed by atoms with Gasteiger partial charge in [-0.25, -0.2) is 13.1 Å². The molecule has 2 aromatic rings. The minimum atomic E-state index is -3.24. The third-order valence-corrected chi connectivity index (χ3v) is 5.90. The molecule has 5 nitrogen and oxygen atoms in total. The summed E-state index contributed by atoms with van der Waals surface area (Å²) in [7, 11) is -3.24. The summed E-state index contributed by atoms with van der Waals surface area (Å²) in [5, 5.41) is 13.5. The van der Waals surface area contributed by atoms with Crippen LogP contribution in [0.15, 0.2) is 30.3 Å². The van der Waals surface area contributed by atoms with Crippen LogP contribution in [-0.2, 0) is 22.1 Å². The molecule has 0 saturated heterocycles. The number of aliphatic hydroxyl groups is 1. The number of aromatic nitrogens is 2. The average Bonchev–Trinajstić information content (AvgIpc) is 2.80. The molecule has 7 heteroatoms. The fourth-order valence-electron chi connectivity index (χ4n) is 2.52. The SMILES string of the molecule is Cc1nn(Cc2ccccc2)c(Cl)c1CS(=O)(=O)CCCCCO. The number of aryl methyl sites for hydroxylation is 1. The summed E-state index contributed by atoms with van der Waals surface area (Å²) in [5.74, 6) is 0.0121. The fraction of sp³-hybridized carbons (Fsp3) is 0.471. The quantitative estimate of drug-likeness (QED) is 0.689. The zero-order valence-corrected chi connectivity index (χ0v) is 15.4. The van der Waals surface area contributed by atoms with Crippen LogP contribution in [0.3, 0.4) is 0 Å². The highest BCUT2D eigenvalue weighted by Crippen LogP contribution is 2.23. The van der Waals surface area contributed by atoms with Gasteiger partial charge in [-0.3, -0.25) is 0 Å². The van der Waals surface area contributed by atoms with Gasteiger partial charge in [-0.1, -0.05) is 48.4 Å². The number of aliphatic hydroxyl groups excluding tert-OH is 1. The molecule has 0 unspecified atom stereocenters. The van der Waals surface area contributed by atoms with E-state index in [1.54, 1.807) is 11.6 Å². The van der Waals surface area contributed by atoms with Crippen LogP contribution in [0.5, 0.6) is 0 Å². The first-order valence-electron chi connectivity index (χ1n) is 8.00. The number of sulfone groups is 1. The molecule has 2 rings (SSSR count). The van der Waals surface area contributed by atoms with Crippen LogP contribution in [0.2, 0.25) is 5.15 Å². The lowest BCUT2D eigenvalue weighted by molar-refractivity contribution is 0.284. The van der Waals surface area contributed by atoms with Crippen molar-refractivity contribution in [2.45, 2.75) is 38.5 Å². The predicted octanol–water partition coefficient (Wildman–Crippen LogP) is 2.97. The molecule has 24 heavy (non-hydrogen) atoms. The Morgan fingerprint density at radius 3 is 2.54 bits per heavy atom. The molecule has 1 aromatic carbocycles. The molecule has 0 amide bonds. The van der Waals surface area contributed by atoms with Crippen LogP contribution in [0.25, 0.3) is 0 Å². The molecule has 0 spiro atoms. The molecule has 132 valence electrons. The largest absolute Gasteiger partial charge is 0.396 e.